The number of nitrogens with zero attached hydrogens (tertiary/aromatic N) is 1. The number of amides is 1. The van der Waals surface area contributed by atoms with Crippen LogP contribution in [0.15, 0.2) is 22.7 Å². The van der Waals surface area contributed by atoms with Crippen molar-refractivity contribution in [2.75, 3.05) is 13.2 Å². The Morgan fingerprint density at radius 3 is 2.79 bits per heavy atom. The van der Waals surface area contributed by atoms with Crippen LogP contribution in [0.5, 0.6) is 5.75 Å². The van der Waals surface area contributed by atoms with Gasteiger partial charge in [0.25, 0.3) is 5.91 Å². The van der Waals surface area contributed by atoms with Crippen LogP contribution in [0.1, 0.15) is 48.9 Å². The molecule has 0 unspecified atom stereocenters. The van der Waals surface area contributed by atoms with Gasteiger partial charge in [0.2, 0.25) is 0 Å². The lowest BCUT2D eigenvalue weighted by molar-refractivity contribution is -0.140. The molecule has 1 aliphatic carbocycles. The summed E-state index contributed by atoms with van der Waals surface area (Å²) in [7, 11) is 0. The monoisotopic (exact) mass is 395 g/mol. The van der Waals surface area contributed by atoms with Crippen molar-refractivity contribution in [3.8, 4) is 5.75 Å². The molecule has 3 rings (SSSR count). The van der Waals surface area contributed by atoms with E-state index in [0.29, 0.717) is 16.4 Å². The van der Waals surface area contributed by atoms with E-state index in [1.165, 1.54) is 31.4 Å². The fraction of sp³-hybridized carbons (Fsp3) is 0.556. The third-order valence-electron chi connectivity index (χ3n) is 5.07. The number of piperidine rings is 1. The molecule has 2 aliphatic rings. The van der Waals surface area contributed by atoms with E-state index in [-0.39, 0.29) is 23.8 Å². The first kappa shape index (κ1) is 17.3. The van der Waals surface area contributed by atoms with Gasteiger partial charge in [0.05, 0.1) is 0 Å². The van der Waals surface area contributed by atoms with E-state index in [4.69, 9.17) is 4.74 Å². The van der Waals surface area contributed by atoms with Crippen molar-refractivity contribution in [1.29, 1.82) is 0 Å². The average molecular weight is 396 g/mol. The molecule has 0 bridgehead atoms. The molecule has 6 heteroatoms. The van der Waals surface area contributed by atoms with Gasteiger partial charge in [0.15, 0.2) is 6.61 Å². The second-order valence-electron chi connectivity index (χ2n) is 6.58. The second kappa shape index (κ2) is 7.55. The van der Waals surface area contributed by atoms with Crippen molar-refractivity contribution in [3.05, 3.63) is 28.2 Å². The molecule has 1 aromatic carbocycles. The summed E-state index contributed by atoms with van der Waals surface area (Å²) in [6.07, 6.45) is 6.88. The number of aromatic hydroxyl groups is 1. The van der Waals surface area contributed by atoms with Gasteiger partial charge in [-0.05, 0) is 49.8 Å². The quantitative estimate of drug-likeness (QED) is 0.795. The lowest BCUT2D eigenvalue weighted by Crippen LogP contribution is -2.50. The van der Waals surface area contributed by atoms with Crippen LogP contribution in [0, 0.1) is 5.92 Å². The van der Waals surface area contributed by atoms with E-state index < -0.39 is 5.97 Å². The number of hydrogen-bond acceptors (Lipinski definition) is 4. The summed E-state index contributed by atoms with van der Waals surface area (Å²) in [6.45, 7) is 0.480. The Labute approximate surface area is 150 Å². The zero-order valence-corrected chi connectivity index (χ0v) is 15.1. The van der Waals surface area contributed by atoms with Crippen molar-refractivity contribution >= 4 is 27.8 Å². The normalized spacial score (nSPS) is 23.5. The zero-order chi connectivity index (χ0) is 17.1. The molecule has 1 heterocycles. The molecule has 0 spiro atoms. The first-order valence-corrected chi connectivity index (χ1v) is 9.30. The van der Waals surface area contributed by atoms with Crippen molar-refractivity contribution in [1.82, 2.24) is 4.90 Å². The van der Waals surface area contributed by atoms with E-state index in [1.54, 1.807) is 6.07 Å². The lowest BCUT2D eigenvalue weighted by Gasteiger charge is -2.44. The minimum atomic E-state index is -0.681. The Balaban J connectivity index is 1.60. The maximum Gasteiger partial charge on any atom is 0.342 e. The number of carbonyl (C=O) groups is 2. The van der Waals surface area contributed by atoms with E-state index in [2.05, 4.69) is 15.9 Å². The van der Waals surface area contributed by atoms with Gasteiger partial charge in [-0.15, -0.1) is 0 Å². The van der Waals surface area contributed by atoms with Gasteiger partial charge in [-0.3, -0.25) is 4.79 Å². The van der Waals surface area contributed by atoms with Crippen LogP contribution in [-0.4, -0.2) is 41.1 Å². The summed E-state index contributed by atoms with van der Waals surface area (Å²) in [4.78, 5) is 26.5. The van der Waals surface area contributed by atoms with Crippen molar-refractivity contribution in [2.45, 2.75) is 44.6 Å². The van der Waals surface area contributed by atoms with E-state index in [0.717, 1.165) is 25.8 Å². The number of halogens is 1. The summed E-state index contributed by atoms with van der Waals surface area (Å²) < 4.78 is 5.81. The van der Waals surface area contributed by atoms with Crippen LogP contribution < -0.4 is 0 Å². The first-order valence-electron chi connectivity index (χ1n) is 8.51. The van der Waals surface area contributed by atoms with Crippen LogP contribution in [0.25, 0.3) is 0 Å². The van der Waals surface area contributed by atoms with E-state index in [1.807, 2.05) is 4.90 Å². The third kappa shape index (κ3) is 3.74. The smallest absolute Gasteiger partial charge is 0.342 e. The highest BCUT2D eigenvalue weighted by molar-refractivity contribution is 9.10. The van der Waals surface area contributed by atoms with Crippen LogP contribution >= 0.6 is 15.9 Å². The molecule has 2 atom stereocenters. The Morgan fingerprint density at radius 1 is 1.21 bits per heavy atom. The van der Waals surface area contributed by atoms with Crippen molar-refractivity contribution < 1.29 is 19.4 Å². The molecule has 1 N–H and O–H groups in total. The Morgan fingerprint density at radius 2 is 1.96 bits per heavy atom. The molecule has 1 saturated carbocycles. The Bertz CT molecular complexity index is 631. The highest BCUT2D eigenvalue weighted by Crippen LogP contribution is 2.35. The van der Waals surface area contributed by atoms with Gasteiger partial charge in [-0.1, -0.05) is 28.8 Å². The summed E-state index contributed by atoms with van der Waals surface area (Å²) >= 11 is 3.25. The number of phenolic OH excluding ortho intramolecular Hbond substituents is 1. The highest BCUT2D eigenvalue weighted by Gasteiger charge is 2.35. The minimum absolute atomic E-state index is 0.0614. The van der Waals surface area contributed by atoms with Crippen molar-refractivity contribution in [3.63, 3.8) is 0 Å². The number of phenols is 1. The van der Waals surface area contributed by atoms with Gasteiger partial charge >= 0.3 is 5.97 Å². The molecular weight excluding hydrogens is 374 g/mol. The number of esters is 1. The zero-order valence-electron chi connectivity index (χ0n) is 13.5. The molecule has 130 valence electrons. The van der Waals surface area contributed by atoms with E-state index >= 15 is 0 Å². The fourth-order valence-corrected chi connectivity index (χ4v) is 4.26. The molecular formula is C18H22BrNO4. The predicted octanol–water partition coefficient (Wildman–Crippen LogP) is 3.49. The number of carbonyl (C=O) groups excluding carboxylic acids is 2. The molecule has 1 aromatic rings. The number of fused-ring (bicyclic) bond motifs is 1. The van der Waals surface area contributed by atoms with Gasteiger partial charge in [-0.2, -0.15) is 0 Å². The van der Waals surface area contributed by atoms with E-state index in [9.17, 15) is 14.7 Å². The van der Waals surface area contributed by atoms with Crippen LogP contribution in [-0.2, 0) is 9.53 Å². The number of likely N-dealkylation sites (tertiary alicyclic amines) is 1. The Hall–Kier alpha value is -1.56. The largest absolute Gasteiger partial charge is 0.507 e. The van der Waals surface area contributed by atoms with Gasteiger partial charge < -0.3 is 14.7 Å². The van der Waals surface area contributed by atoms with Crippen molar-refractivity contribution in [2.24, 2.45) is 5.92 Å². The molecule has 2 fully saturated rings. The maximum absolute atomic E-state index is 12.5. The summed E-state index contributed by atoms with van der Waals surface area (Å²) in [5.41, 5.74) is 0.0614. The molecule has 5 nitrogen and oxygen atoms in total. The first-order chi connectivity index (χ1) is 11.6. The van der Waals surface area contributed by atoms with Gasteiger partial charge in [0.1, 0.15) is 11.3 Å². The van der Waals surface area contributed by atoms with Crippen LogP contribution in [0.2, 0.25) is 0 Å². The molecule has 24 heavy (non-hydrogen) atoms. The molecule has 1 aliphatic heterocycles. The second-order valence-corrected chi connectivity index (χ2v) is 7.49. The average Bonchev–Trinajstić information content (AvgIpc) is 2.61. The summed E-state index contributed by atoms with van der Waals surface area (Å²) in [5, 5.41) is 9.76. The standard InChI is InChI=1S/C18H22BrNO4/c19-13-7-8-16(21)14(10-13)18(23)24-11-17(22)20-9-3-5-12-4-1-2-6-15(12)20/h7-8,10,12,15,21H,1-6,9,11H2/t12-,15+/m0/s1. The molecule has 1 saturated heterocycles. The molecule has 1 amide bonds. The topological polar surface area (TPSA) is 66.8 Å². The fourth-order valence-electron chi connectivity index (χ4n) is 3.89. The SMILES string of the molecule is O=C(OCC(=O)N1CCC[C@@H]2CCCC[C@H]21)c1cc(Br)ccc1O. The van der Waals surface area contributed by atoms with Gasteiger partial charge in [0, 0.05) is 17.1 Å². The number of rotatable bonds is 3. The summed E-state index contributed by atoms with van der Waals surface area (Å²) in [5.74, 6) is -0.365. The summed E-state index contributed by atoms with van der Waals surface area (Å²) in [6, 6.07) is 4.84. The molecule has 0 radical (unpaired) electrons. The number of benzene rings is 1. The number of ether oxygens (including phenoxy) is 1. The Kier molecular flexibility index (Phi) is 5.43. The number of hydrogen-bond donors (Lipinski definition) is 1. The molecule has 0 aromatic heterocycles. The minimum Gasteiger partial charge on any atom is -0.507 e. The maximum atomic E-state index is 12.5. The van der Waals surface area contributed by atoms with Gasteiger partial charge in [-0.25, -0.2) is 4.79 Å². The van der Waals surface area contributed by atoms with Crippen LogP contribution in [0.3, 0.4) is 0 Å². The predicted molar refractivity (Wildman–Crippen MR) is 92.8 cm³/mol. The lowest BCUT2D eigenvalue weighted by atomic mass is 9.78. The highest BCUT2D eigenvalue weighted by atomic mass is 79.9. The third-order valence-corrected chi connectivity index (χ3v) is 5.56. The van der Waals surface area contributed by atoms with Crippen LogP contribution in [0.4, 0.5) is 0 Å².